The van der Waals surface area contributed by atoms with Crippen LogP contribution in [-0.2, 0) is 0 Å². The van der Waals surface area contributed by atoms with Gasteiger partial charge in [0.05, 0.1) is 13.2 Å². The second-order valence-corrected chi connectivity index (χ2v) is 6.25. The summed E-state index contributed by atoms with van der Waals surface area (Å²) in [6.07, 6.45) is 0.164. The minimum absolute atomic E-state index is 0.200. The van der Waals surface area contributed by atoms with Crippen LogP contribution in [0.1, 0.15) is 35.1 Å². The molecule has 2 atom stereocenters. The van der Waals surface area contributed by atoms with Crippen LogP contribution in [0.3, 0.4) is 0 Å². The van der Waals surface area contributed by atoms with E-state index in [1.54, 1.807) is 7.11 Å². The monoisotopic (exact) mass is 332 g/mol. The first-order valence-corrected chi connectivity index (χ1v) is 8.44. The molecular weight excluding hydrogens is 312 g/mol. The highest BCUT2D eigenvalue weighted by atomic mass is 16.5. The summed E-state index contributed by atoms with van der Waals surface area (Å²) in [6, 6.07) is 23.8. The number of benzene rings is 3. The third-order valence-corrected chi connectivity index (χ3v) is 4.76. The van der Waals surface area contributed by atoms with Gasteiger partial charge in [0.2, 0.25) is 0 Å². The number of fused-ring (bicyclic) bond motifs is 1. The molecule has 126 valence electrons. The van der Waals surface area contributed by atoms with Crippen molar-refractivity contribution in [3.8, 4) is 17.2 Å². The molecule has 3 heteroatoms. The highest BCUT2D eigenvalue weighted by Gasteiger charge is 2.33. The van der Waals surface area contributed by atoms with Crippen molar-refractivity contribution in [3.05, 3.63) is 89.5 Å². The van der Waals surface area contributed by atoms with Crippen molar-refractivity contribution < 1.29 is 14.6 Å². The van der Waals surface area contributed by atoms with Gasteiger partial charge in [0.25, 0.3) is 0 Å². The van der Waals surface area contributed by atoms with Crippen molar-refractivity contribution in [2.75, 3.05) is 7.11 Å². The van der Waals surface area contributed by atoms with Crippen molar-refractivity contribution in [1.82, 2.24) is 0 Å². The predicted octanol–water partition coefficient (Wildman–Crippen LogP) is 5.06. The minimum atomic E-state index is -0.519. The Morgan fingerprint density at radius 1 is 0.840 bits per heavy atom. The molecule has 3 aromatic carbocycles. The molecule has 0 heterocycles. The standard InChI is InChI=1S/C22H20O3/c1-24-16-10-12-17(13-11-16)25-21-9-5-8-18-19(14-20(23)22(18)21)15-6-3-2-4-7-15/h2-13,19-20,23H,14H2,1H3. The molecule has 0 aliphatic heterocycles. The Labute approximate surface area is 147 Å². The summed E-state index contributed by atoms with van der Waals surface area (Å²) in [7, 11) is 1.64. The molecule has 1 aliphatic carbocycles. The van der Waals surface area contributed by atoms with Gasteiger partial charge in [0, 0.05) is 11.5 Å². The summed E-state index contributed by atoms with van der Waals surface area (Å²) in [5.41, 5.74) is 3.26. The minimum Gasteiger partial charge on any atom is -0.497 e. The molecule has 0 saturated carbocycles. The van der Waals surface area contributed by atoms with Crippen LogP contribution < -0.4 is 9.47 Å². The van der Waals surface area contributed by atoms with Crippen LogP contribution in [-0.4, -0.2) is 12.2 Å². The largest absolute Gasteiger partial charge is 0.497 e. The molecule has 2 unspecified atom stereocenters. The van der Waals surface area contributed by atoms with E-state index < -0.39 is 6.10 Å². The van der Waals surface area contributed by atoms with Gasteiger partial charge in [-0.3, -0.25) is 0 Å². The van der Waals surface area contributed by atoms with E-state index in [2.05, 4.69) is 18.2 Å². The molecule has 0 bridgehead atoms. The molecule has 25 heavy (non-hydrogen) atoms. The summed E-state index contributed by atoms with van der Waals surface area (Å²) in [5.74, 6) is 2.43. The van der Waals surface area contributed by atoms with E-state index in [0.717, 1.165) is 22.6 Å². The van der Waals surface area contributed by atoms with Crippen LogP contribution in [0.2, 0.25) is 0 Å². The van der Waals surface area contributed by atoms with Gasteiger partial charge >= 0.3 is 0 Å². The number of rotatable bonds is 4. The molecule has 3 aromatic rings. The third-order valence-electron chi connectivity index (χ3n) is 4.76. The fourth-order valence-electron chi connectivity index (χ4n) is 3.55. The summed E-state index contributed by atoms with van der Waals surface area (Å²) in [6.45, 7) is 0. The lowest BCUT2D eigenvalue weighted by molar-refractivity contribution is 0.173. The SMILES string of the molecule is COc1ccc(Oc2cccc3c2C(O)CC3c2ccccc2)cc1. The van der Waals surface area contributed by atoms with Gasteiger partial charge in [-0.25, -0.2) is 0 Å². The quantitative estimate of drug-likeness (QED) is 0.726. The molecular formula is C22H20O3. The van der Waals surface area contributed by atoms with Crippen LogP contribution >= 0.6 is 0 Å². The van der Waals surface area contributed by atoms with E-state index in [4.69, 9.17) is 9.47 Å². The second-order valence-electron chi connectivity index (χ2n) is 6.25. The van der Waals surface area contributed by atoms with Crippen molar-refractivity contribution in [1.29, 1.82) is 0 Å². The van der Waals surface area contributed by atoms with Crippen molar-refractivity contribution >= 4 is 0 Å². The Morgan fingerprint density at radius 3 is 2.28 bits per heavy atom. The van der Waals surface area contributed by atoms with E-state index >= 15 is 0 Å². The molecule has 0 fully saturated rings. The van der Waals surface area contributed by atoms with E-state index in [9.17, 15) is 5.11 Å². The fraction of sp³-hybridized carbons (Fsp3) is 0.182. The number of hydrogen-bond acceptors (Lipinski definition) is 3. The van der Waals surface area contributed by atoms with Crippen LogP contribution in [0.4, 0.5) is 0 Å². The average molecular weight is 332 g/mol. The molecule has 1 N–H and O–H groups in total. The van der Waals surface area contributed by atoms with Gasteiger partial charge in [-0.15, -0.1) is 0 Å². The maximum atomic E-state index is 10.7. The third kappa shape index (κ3) is 2.99. The maximum Gasteiger partial charge on any atom is 0.133 e. The first kappa shape index (κ1) is 15.7. The molecule has 0 amide bonds. The smallest absolute Gasteiger partial charge is 0.133 e. The van der Waals surface area contributed by atoms with Gasteiger partial charge in [-0.05, 0) is 47.9 Å². The van der Waals surface area contributed by atoms with Crippen LogP contribution in [0, 0.1) is 0 Å². The number of aliphatic hydroxyl groups excluding tert-OH is 1. The van der Waals surface area contributed by atoms with Crippen molar-refractivity contribution in [2.24, 2.45) is 0 Å². The van der Waals surface area contributed by atoms with Gasteiger partial charge < -0.3 is 14.6 Å². The van der Waals surface area contributed by atoms with E-state index in [-0.39, 0.29) is 5.92 Å². The first-order valence-electron chi connectivity index (χ1n) is 8.44. The number of hydrogen-bond donors (Lipinski definition) is 1. The number of methoxy groups -OCH3 is 1. The van der Waals surface area contributed by atoms with Crippen molar-refractivity contribution in [3.63, 3.8) is 0 Å². The topological polar surface area (TPSA) is 38.7 Å². The summed E-state index contributed by atoms with van der Waals surface area (Å²) < 4.78 is 11.2. The van der Waals surface area contributed by atoms with E-state index in [1.165, 1.54) is 5.56 Å². The molecule has 0 spiro atoms. The van der Waals surface area contributed by atoms with Crippen LogP contribution in [0.5, 0.6) is 17.2 Å². The lowest BCUT2D eigenvalue weighted by Gasteiger charge is -2.14. The average Bonchev–Trinajstić information content (AvgIpc) is 3.01. The summed E-state index contributed by atoms with van der Waals surface area (Å²) >= 11 is 0. The Hall–Kier alpha value is -2.78. The molecule has 1 aliphatic rings. The molecule has 3 nitrogen and oxygen atoms in total. The lowest BCUT2D eigenvalue weighted by Crippen LogP contribution is -1.96. The Morgan fingerprint density at radius 2 is 1.56 bits per heavy atom. The zero-order valence-electron chi connectivity index (χ0n) is 14.1. The zero-order valence-corrected chi connectivity index (χ0v) is 14.1. The Balaban J connectivity index is 1.68. The molecule has 4 rings (SSSR count). The second kappa shape index (κ2) is 6.61. The summed E-state index contributed by atoms with van der Waals surface area (Å²) in [5, 5.41) is 10.7. The Kier molecular flexibility index (Phi) is 4.16. The maximum absolute atomic E-state index is 10.7. The Bertz CT molecular complexity index is 856. The first-order chi connectivity index (χ1) is 12.3. The zero-order chi connectivity index (χ0) is 17.2. The van der Waals surface area contributed by atoms with Gasteiger partial charge in [0.1, 0.15) is 17.2 Å². The fourth-order valence-corrected chi connectivity index (χ4v) is 3.55. The van der Waals surface area contributed by atoms with Gasteiger partial charge in [-0.1, -0.05) is 42.5 Å². The normalized spacial score (nSPS) is 18.6. The lowest BCUT2D eigenvalue weighted by atomic mass is 9.93. The van der Waals surface area contributed by atoms with E-state index in [1.807, 2.05) is 54.6 Å². The van der Waals surface area contributed by atoms with E-state index in [0.29, 0.717) is 12.2 Å². The number of ether oxygens (including phenoxy) is 2. The summed E-state index contributed by atoms with van der Waals surface area (Å²) in [4.78, 5) is 0. The van der Waals surface area contributed by atoms with Crippen LogP contribution in [0.15, 0.2) is 72.8 Å². The van der Waals surface area contributed by atoms with Crippen LogP contribution in [0.25, 0.3) is 0 Å². The highest BCUT2D eigenvalue weighted by molar-refractivity contribution is 5.52. The molecule has 0 aromatic heterocycles. The van der Waals surface area contributed by atoms with Crippen molar-refractivity contribution in [2.45, 2.75) is 18.4 Å². The van der Waals surface area contributed by atoms with Gasteiger partial charge in [-0.2, -0.15) is 0 Å². The molecule has 0 radical (unpaired) electrons. The van der Waals surface area contributed by atoms with Gasteiger partial charge in [0.15, 0.2) is 0 Å². The predicted molar refractivity (Wildman–Crippen MR) is 97.4 cm³/mol. The molecule has 0 saturated heterocycles. The highest BCUT2D eigenvalue weighted by Crippen LogP contribution is 2.48. The number of aliphatic hydroxyl groups is 1.